The Balaban J connectivity index is 1.65. The van der Waals surface area contributed by atoms with Gasteiger partial charge in [-0.15, -0.1) is 5.10 Å². The van der Waals surface area contributed by atoms with Crippen LogP contribution in [0.15, 0.2) is 35.6 Å². The summed E-state index contributed by atoms with van der Waals surface area (Å²) in [7, 11) is 0. The molecule has 0 N–H and O–H groups in total. The van der Waals surface area contributed by atoms with Crippen LogP contribution in [0, 0.1) is 6.92 Å². The Bertz CT molecular complexity index is 1060. The van der Waals surface area contributed by atoms with Crippen LogP contribution in [0.4, 0.5) is 0 Å². The molecule has 144 valence electrons. The number of nitrogens with zero attached hydrogens (tertiary/aromatic N) is 4. The van der Waals surface area contributed by atoms with E-state index in [2.05, 4.69) is 40.2 Å². The summed E-state index contributed by atoms with van der Waals surface area (Å²) < 4.78 is 6.57. The molecule has 0 radical (unpaired) electrons. The molecular formula is C20H20N4O3S. The van der Waals surface area contributed by atoms with Crippen LogP contribution in [0.1, 0.15) is 46.4 Å². The van der Waals surface area contributed by atoms with E-state index in [4.69, 9.17) is 4.74 Å². The van der Waals surface area contributed by atoms with Crippen molar-refractivity contribution in [2.75, 3.05) is 12.4 Å². The van der Waals surface area contributed by atoms with E-state index >= 15 is 0 Å². The van der Waals surface area contributed by atoms with E-state index in [1.807, 2.05) is 6.07 Å². The molecule has 1 aromatic carbocycles. The van der Waals surface area contributed by atoms with Gasteiger partial charge in [-0.05, 0) is 31.7 Å². The van der Waals surface area contributed by atoms with E-state index in [0.29, 0.717) is 35.9 Å². The first-order chi connectivity index (χ1) is 13.5. The molecule has 0 saturated heterocycles. The molecule has 0 fully saturated rings. The molecule has 4 rings (SSSR count). The SMILES string of the molecule is CCOC(=O)CSc1nc2ncc3c(n2n1)CC(c1cccc(C)c1)CC3=O. The van der Waals surface area contributed by atoms with Crippen molar-refractivity contribution < 1.29 is 14.3 Å². The van der Waals surface area contributed by atoms with Gasteiger partial charge in [0.25, 0.3) is 5.78 Å². The highest BCUT2D eigenvalue weighted by atomic mass is 32.2. The number of fused-ring (bicyclic) bond motifs is 3. The number of benzene rings is 1. The second-order valence-corrected chi connectivity index (χ2v) is 7.70. The van der Waals surface area contributed by atoms with E-state index in [1.165, 1.54) is 17.3 Å². The van der Waals surface area contributed by atoms with Crippen LogP contribution in [-0.2, 0) is 16.0 Å². The standard InChI is InChI=1S/C20H20N4O3S/c1-3-27-18(26)11-28-20-22-19-21-10-15-16(24(19)23-20)8-14(9-17(15)25)13-6-4-5-12(2)7-13/h4-7,10,14H,3,8-9,11H2,1-2H3. The third-order valence-electron chi connectivity index (χ3n) is 4.76. The Morgan fingerprint density at radius 2 is 2.21 bits per heavy atom. The summed E-state index contributed by atoms with van der Waals surface area (Å²) >= 11 is 1.20. The molecule has 0 aliphatic heterocycles. The maximum Gasteiger partial charge on any atom is 0.316 e. The number of ketones is 1. The van der Waals surface area contributed by atoms with Crippen molar-refractivity contribution in [3.63, 3.8) is 0 Å². The van der Waals surface area contributed by atoms with Gasteiger partial charge in [0.2, 0.25) is 5.16 Å². The molecule has 8 heteroatoms. The smallest absolute Gasteiger partial charge is 0.316 e. The van der Waals surface area contributed by atoms with E-state index in [0.717, 1.165) is 11.3 Å². The monoisotopic (exact) mass is 396 g/mol. The predicted molar refractivity (Wildman–Crippen MR) is 105 cm³/mol. The molecule has 3 aromatic rings. The molecule has 2 heterocycles. The van der Waals surface area contributed by atoms with Crippen LogP contribution in [0.3, 0.4) is 0 Å². The Morgan fingerprint density at radius 1 is 1.36 bits per heavy atom. The Hall–Kier alpha value is -2.74. The van der Waals surface area contributed by atoms with Crippen molar-refractivity contribution in [2.45, 2.75) is 37.8 Å². The molecule has 0 spiro atoms. The third-order valence-corrected chi connectivity index (χ3v) is 5.57. The summed E-state index contributed by atoms with van der Waals surface area (Å²) in [6, 6.07) is 8.26. The topological polar surface area (TPSA) is 86.4 Å². The van der Waals surface area contributed by atoms with Crippen molar-refractivity contribution in [1.29, 1.82) is 0 Å². The first kappa shape index (κ1) is 18.6. The first-order valence-corrected chi connectivity index (χ1v) is 10.2. The third kappa shape index (κ3) is 3.64. The summed E-state index contributed by atoms with van der Waals surface area (Å²) in [5, 5.41) is 4.93. The second-order valence-electron chi connectivity index (χ2n) is 6.76. The molecular weight excluding hydrogens is 376 g/mol. The van der Waals surface area contributed by atoms with E-state index < -0.39 is 0 Å². The molecule has 1 atom stereocenters. The van der Waals surface area contributed by atoms with Crippen molar-refractivity contribution in [1.82, 2.24) is 19.6 Å². The van der Waals surface area contributed by atoms with Crippen LogP contribution in [0.5, 0.6) is 0 Å². The van der Waals surface area contributed by atoms with Crippen molar-refractivity contribution in [2.24, 2.45) is 0 Å². The van der Waals surface area contributed by atoms with Gasteiger partial charge in [-0.2, -0.15) is 9.50 Å². The van der Waals surface area contributed by atoms with Crippen molar-refractivity contribution in [3.05, 3.63) is 52.8 Å². The van der Waals surface area contributed by atoms with Gasteiger partial charge in [0, 0.05) is 12.6 Å². The predicted octanol–water partition coefficient (Wildman–Crippen LogP) is 3.00. The normalized spacial score (nSPS) is 16.2. The van der Waals surface area contributed by atoms with Gasteiger partial charge in [-0.1, -0.05) is 41.6 Å². The lowest BCUT2D eigenvalue weighted by atomic mass is 9.82. The largest absolute Gasteiger partial charge is 0.465 e. The zero-order valence-electron chi connectivity index (χ0n) is 15.7. The average Bonchev–Trinajstić information content (AvgIpc) is 3.10. The number of Topliss-reactive ketones (excluding diaryl/α,β-unsaturated/α-hetero) is 1. The number of esters is 1. The molecule has 0 amide bonds. The van der Waals surface area contributed by atoms with Gasteiger partial charge in [0.15, 0.2) is 5.78 Å². The minimum Gasteiger partial charge on any atom is -0.465 e. The second kappa shape index (κ2) is 7.71. The zero-order valence-corrected chi connectivity index (χ0v) is 16.5. The molecule has 7 nitrogen and oxygen atoms in total. The summed E-state index contributed by atoms with van der Waals surface area (Å²) in [6.07, 6.45) is 2.74. The summed E-state index contributed by atoms with van der Waals surface area (Å²) in [4.78, 5) is 32.9. The Kier molecular flexibility index (Phi) is 5.13. The lowest BCUT2D eigenvalue weighted by molar-refractivity contribution is -0.139. The number of rotatable bonds is 5. The maximum absolute atomic E-state index is 12.7. The van der Waals surface area contributed by atoms with Gasteiger partial charge in [-0.3, -0.25) is 9.59 Å². The van der Waals surface area contributed by atoms with Crippen molar-refractivity contribution in [3.8, 4) is 0 Å². The number of carbonyl (C=O) groups is 2. The molecule has 28 heavy (non-hydrogen) atoms. The van der Waals surface area contributed by atoms with Gasteiger partial charge >= 0.3 is 5.97 Å². The highest BCUT2D eigenvalue weighted by Crippen LogP contribution is 2.33. The lowest BCUT2D eigenvalue weighted by Crippen LogP contribution is -2.22. The zero-order chi connectivity index (χ0) is 19.7. The summed E-state index contributed by atoms with van der Waals surface area (Å²) in [5.74, 6) is 0.431. The quantitative estimate of drug-likeness (QED) is 0.484. The highest BCUT2D eigenvalue weighted by Gasteiger charge is 2.29. The van der Waals surface area contributed by atoms with Crippen molar-refractivity contribution >= 4 is 29.3 Å². The Labute approximate surface area is 166 Å². The number of thioether (sulfide) groups is 1. The Morgan fingerprint density at radius 3 is 3.00 bits per heavy atom. The summed E-state index contributed by atoms with van der Waals surface area (Å²) in [5.41, 5.74) is 3.75. The molecule has 1 aliphatic carbocycles. The maximum atomic E-state index is 12.7. The number of ether oxygens (including phenoxy) is 1. The highest BCUT2D eigenvalue weighted by molar-refractivity contribution is 7.99. The molecule has 1 unspecified atom stereocenters. The number of aromatic nitrogens is 4. The van der Waals surface area contributed by atoms with E-state index in [9.17, 15) is 9.59 Å². The number of hydrogen-bond donors (Lipinski definition) is 0. The molecule has 0 saturated carbocycles. The van der Waals surface area contributed by atoms with E-state index in [1.54, 1.807) is 17.6 Å². The van der Waals surface area contributed by atoms with Gasteiger partial charge in [0.1, 0.15) is 0 Å². The fraction of sp³-hybridized carbons (Fsp3) is 0.350. The van der Waals surface area contributed by atoms with Gasteiger partial charge in [-0.25, -0.2) is 4.98 Å². The van der Waals surface area contributed by atoms with Crippen LogP contribution in [0.2, 0.25) is 0 Å². The fourth-order valence-corrected chi connectivity index (χ4v) is 4.09. The van der Waals surface area contributed by atoms with Gasteiger partial charge in [0.05, 0.1) is 23.6 Å². The van der Waals surface area contributed by atoms with Gasteiger partial charge < -0.3 is 4.74 Å². The van der Waals surface area contributed by atoms with Crippen LogP contribution in [-0.4, -0.2) is 43.7 Å². The lowest BCUT2D eigenvalue weighted by Gasteiger charge is -2.24. The van der Waals surface area contributed by atoms with Crippen LogP contribution >= 0.6 is 11.8 Å². The molecule has 1 aliphatic rings. The van der Waals surface area contributed by atoms with E-state index in [-0.39, 0.29) is 23.4 Å². The molecule has 2 aromatic heterocycles. The fourth-order valence-electron chi connectivity index (χ4n) is 3.48. The summed E-state index contributed by atoms with van der Waals surface area (Å²) in [6.45, 7) is 4.16. The van der Waals surface area contributed by atoms with Crippen LogP contribution < -0.4 is 0 Å². The van der Waals surface area contributed by atoms with Crippen LogP contribution in [0.25, 0.3) is 5.78 Å². The number of carbonyl (C=O) groups excluding carboxylic acids is 2. The number of aryl methyl sites for hydroxylation is 1. The first-order valence-electron chi connectivity index (χ1n) is 9.18. The minimum absolute atomic E-state index is 0.0679. The average molecular weight is 396 g/mol. The number of hydrogen-bond acceptors (Lipinski definition) is 7. The molecule has 0 bridgehead atoms. The minimum atomic E-state index is -0.309.